The van der Waals surface area contributed by atoms with Gasteiger partial charge in [-0.1, -0.05) is 30.7 Å². The van der Waals surface area contributed by atoms with E-state index in [0.717, 1.165) is 12.0 Å². The number of amides is 2. The third kappa shape index (κ3) is 3.74. The number of nitrogens with one attached hydrogen (secondary N) is 2. The molecule has 0 heterocycles. The Kier molecular flexibility index (Phi) is 5.12. The van der Waals surface area contributed by atoms with Crippen molar-refractivity contribution < 1.29 is 4.79 Å². The molecule has 0 aliphatic carbocycles. The number of hydrogen-bond acceptors (Lipinski definition) is 1. The summed E-state index contributed by atoms with van der Waals surface area (Å²) in [5.41, 5.74) is 1.07. The fourth-order valence-electron chi connectivity index (χ4n) is 1.49. The maximum Gasteiger partial charge on any atom is 0.315 e. The second-order valence-electron chi connectivity index (χ2n) is 3.52. The Morgan fingerprint density at radius 2 is 1.94 bits per heavy atom. The minimum Gasteiger partial charge on any atom is -0.338 e. The Morgan fingerprint density at radius 3 is 2.44 bits per heavy atom. The largest absolute Gasteiger partial charge is 0.338 e. The molecule has 0 radical (unpaired) electrons. The molecule has 16 heavy (non-hydrogen) atoms. The third-order valence-electron chi connectivity index (χ3n) is 2.32. The molecule has 0 spiro atoms. The van der Waals surface area contributed by atoms with Crippen LogP contribution in [0.4, 0.5) is 4.79 Å². The van der Waals surface area contributed by atoms with Crippen LogP contribution in [0.5, 0.6) is 0 Å². The smallest absolute Gasteiger partial charge is 0.315 e. The van der Waals surface area contributed by atoms with Gasteiger partial charge in [0.05, 0.1) is 6.04 Å². The molecule has 2 amide bonds. The Balaban J connectivity index is 2.67. The van der Waals surface area contributed by atoms with E-state index < -0.39 is 0 Å². The summed E-state index contributed by atoms with van der Waals surface area (Å²) in [4.78, 5) is 11.4. The van der Waals surface area contributed by atoms with E-state index in [-0.39, 0.29) is 12.1 Å². The standard InChI is InChI=1S/C12H17ClN2O/c1-3-11(15-12(16)14-4-2)9-5-7-10(13)8-6-9/h5-8,11H,3-4H2,1-2H3,(H2,14,15,16)/t11-/m1/s1. The molecule has 1 atom stereocenters. The van der Waals surface area contributed by atoms with Gasteiger partial charge in [-0.3, -0.25) is 0 Å². The van der Waals surface area contributed by atoms with E-state index in [9.17, 15) is 4.79 Å². The summed E-state index contributed by atoms with van der Waals surface area (Å²) in [7, 11) is 0. The maximum atomic E-state index is 11.4. The van der Waals surface area contributed by atoms with Gasteiger partial charge < -0.3 is 10.6 Å². The van der Waals surface area contributed by atoms with E-state index in [1.165, 1.54) is 0 Å². The molecule has 1 aromatic carbocycles. The zero-order valence-corrected chi connectivity index (χ0v) is 10.3. The van der Waals surface area contributed by atoms with Crippen molar-refractivity contribution in [1.82, 2.24) is 10.6 Å². The summed E-state index contributed by atoms with van der Waals surface area (Å²) in [6.07, 6.45) is 0.846. The van der Waals surface area contributed by atoms with E-state index in [1.54, 1.807) is 0 Å². The first-order valence-corrected chi connectivity index (χ1v) is 5.85. The van der Waals surface area contributed by atoms with E-state index in [0.29, 0.717) is 11.6 Å². The number of hydrogen-bond donors (Lipinski definition) is 2. The van der Waals surface area contributed by atoms with Crippen molar-refractivity contribution >= 4 is 17.6 Å². The van der Waals surface area contributed by atoms with Crippen molar-refractivity contribution in [3.8, 4) is 0 Å². The van der Waals surface area contributed by atoms with Gasteiger partial charge in [-0.15, -0.1) is 0 Å². The van der Waals surface area contributed by atoms with Crippen LogP contribution in [0.2, 0.25) is 5.02 Å². The highest BCUT2D eigenvalue weighted by Crippen LogP contribution is 2.18. The molecule has 2 N–H and O–H groups in total. The number of carbonyl (C=O) groups excluding carboxylic acids is 1. The Labute approximate surface area is 101 Å². The quantitative estimate of drug-likeness (QED) is 0.834. The lowest BCUT2D eigenvalue weighted by molar-refractivity contribution is 0.237. The number of urea groups is 1. The van der Waals surface area contributed by atoms with Gasteiger partial charge in [0.25, 0.3) is 0 Å². The van der Waals surface area contributed by atoms with Crippen LogP contribution >= 0.6 is 11.6 Å². The molecule has 0 saturated carbocycles. The highest BCUT2D eigenvalue weighted by Gasteiger charge is 2.11. The average molecular weight is 241 g/mol. The topological polar surface area (TPSA) is 41.1 Å². The molecule has 4 heteroatoms. The summed E-state index contributed by atoms with van der Waals surface area (Å²) in [6.45, 7) is 4.55. The van der Waals surface area contributed by atoms with Gasteiger partial charge in [-0.05, 0) is 31.0 Å². The van der Waals surface area contributed by atoms with Crippen LogP contribution in [0.25, 0.3) is 0 Å². The SMILES string of the molecule is CCNC(=O)N[C@H](CC)c1ccc(Cl)cc1. The minimum absolute atomic E-state index is 0.0313. The van der Waals surface area contributed by atoms with E-state index in [2.05, 4.69) is 10.6 Å². The normalized spacial score (nSPS) is 11.9. The first-order chi connectivity index (χ1) is 7.67. The Morgan fingerprint density at radius 1 is 1.31 bits per heavy atom. The molecule has 0 saturated heterocycles. The molecule has 1 aromatic rings. The van der Waals surface area contributed by atoms with E-state index >= 15 is 0 Å². The second-order valence-corrected chi connectivity index (χ2v) is 3.95. The van der Waals surface area contributed by atoms with Crippen LogP contribution in [0.1, 0.15) is 31.9 Å². The summed E-state index contributed by atoms with van der Waals surface area (Å²) in [5, 5.41) is 6.33. The lowest BCUT2D eigenvalue weighted by atomic mass is 10.1. The highest BCUT2D eigenvalue weighted by atomic mass is 35.5. The second kappa shape index (κ2) is 6.38. The fraction of sp³-hybridized carbons (Fsp3) is 0.417. The molecular weight excluding hydrogens is 224 g/mol. The van der Waals surface area contributed by atoms with Crippen LogP contribution in [0.15, 0.2) is 24.3 Å². The monoisotopic (exact) mass is 240 g/mol. The van der Waals surface area contributed by atoms with Gasteiger partial charge in [0, 0.05) is 11.6 Å². The van der Waals surface area contributed by atoms with Gasteiger partial charge in [0.15, 0.2) is 0 Å². The molecule has 0 unspecified atom stereocenters. The van der Waals surface area contributed by atoms with Crippen molar-refractivity contribution in [3.63, 3.8) is 0 Å². The first-order valence-electron chi connectivity index (χ1n) is 5.47. The summed E-state index contributed by atoms with van der Waals surface area (Å²) >= 11 is 5.82. The minimum atomic E-state index is -0.135. The van der Waals surface area contributed by atoms with Crippen LogP contribution in [-0.4, -0.2) is 12.6 Å². The fourth-order valence-corrected chi connectivity index (χ4v) is 1.61. The predicted molar refractivity (Wildman–Crippen MR) is 66.7 cm³/mol. The first kappa shape index (κ1) is 12.8. The van der Waals surface area contributed by atoms with Gasteiger partial charge in [-0.25, -0.2) is 4.79 Å². The molecular formula is C12H17ClN2O. The van der Waals surface area contributed by atoms with Gasteiger partial charge in [0.2, 0.25) is 0 Å². The third-order valence-corrected chi connectivity index (χ3v) is 2.58. The predicted octanol–water partition coefficient (Wildman–Crippen LogP) is 3.11. The van der Waals surface area contributed by atoms with Crippen LogP contribution in [0, 0.1) is 0 Å². The van der Waals surface area contributed by atoms with Crippen LogP contribution in [-0.2, 0) is 0 Å². The number of halogens is 1. The summed E-state index contributed by atoms with van der Waals surface area (Å²) in [6, 6.07) is 7.43. The molecule has 88 valence electrons. The van der Waals surface area contributed by atoms with Gasteiger partial charge in [-0.2, -0.15) is 0 Å². The Bertz CT molecular complexity index is 337. The van der Waals surface area contributed by atoms with Crippen molar-refractivity contribution in [2.24, 2.45) is 0 Å². The van der Waals surface area contributed by atoms with Gasteiger partial charge >= 0.3 is 6.03 Å². The molecule has 1 rings (SSSR count). The van der Waals surface area contributed by atoms with Crippen LogP contribution < -0.4 is 10.6 Å². The summed E-state index contributed by atoms with van der Waals surface area (Å²) in [5.74, 6) is 0. The Hall–Kier alpha value is -1.22. The van der Waals surface area contributed by atoms with Gasteiger partial charge in [0.1, 0.15) is 0 Å². The van der Waals surface area contributed by atoms with Crippen molar-refractivity contribution in [3.05, 3.63) is 34.9 Å². The lowest BCUT2D eigenvalue weighted by Gasteiger charge is -2.17. The highest BCUT2D eigenvalue weighted by molar-refractivity contribution is 6.30. The number of benzene rings is 1. The van der Waals surface area contributed by atoms with Crippen LogP contribution in [0.3, 0.4) is 0 Å². The zero-order chi connectivity index (χ0) is 12.0. The summed E-state index contributed by atoms with van der Waals surface area (Å²) < 4.78 is 0. The molecule has 0 aliphatic rings. The molecule has 0 fully saturated rings. The molecule has 0 bridgehead atoms. The van der Waals surface area contributed by atoms with E-state index in [1.807, 2.05) is 38.1 Å². The molecule has 0 aliphatic heterocycles. The van der Waals surface area contributed by atoms with Crippen molar-refractivity contribution in [2.75, 3.05) is 6.54 Å². The van der Waals surface area contributed by atoms with E-state index in [4.69, 9.17) is 11.6 Å². The number of carbonyl (C=O) groups is 1. The van der Waals surface area contributed by atoms with Crippen molar-refractivity contribution in [2.45, 2.75) is 26.3 Å². The number of rotatable bonds is 4. The maximum absolute atomic E-state index is 11.4. The van der Waals surface area contributed by atoms with Crippen molar-refractivity contribution in [1.29, 1.82) is 0 Å². The average Bonchev–Trinajstić information content (AvgIpc) is 2.27. The molecule has 0 aromatic heterocycles. The lowest BCUT2D eigenvalue weighted by Crippen LogP contribution is -2.37. The molecule has 3 nitrogen and oxygen atoms in total. The zero-order valence-electron chi connectivity index (χ0n) is 9.59.